The first-order valence-corrected chi connectivity index (χ1v) is 5.60. The quantitative estimate of drug-likeness (QED) is 0.490. The molecule has 1 atom stereocenters. The number of halogens is 2. The molecule has 1 rings (SSSR count). The van der Waals surface area contributed by atoms with Crippen LogP contribution in [0.15, 0.2) is 0 Å². The first-order valence-electron chi connectivity index (χ1n) is 3.40. The Balaban J connectivity index is 2.87. The predicted molar refractivity (Wildman–Crippen MR) is 47.5 cm³/mol. The molecule has 1 saturated heterocycles. The van der Waals surface area contributed by atoms with Crippen molar-refractivity contribution in [1.82, 2.24) is 0 Å². The SMILES string of the molecule is CC[P+]([O-])=C1CCOC1(Cl)Cl. The van der Waals surface area contributed by atoms with Gasteiger partial charge in [-0.25, -0.2) is 0 Å². The fraction of sp³-hybridized carbons (Fsp3) is 0.833. The van der Waals surface area contributed by atoms with Crippen LogP contribution in [-0.2, 0) is 4.74 Å². The summed E-state index contributed by atoms with van der Waals surface area (Å²) in [5.41, 5.74) is 0. The first-order chi connectivity index (χ1) is 5.08. The van der Waals surface area contributed by atoms with Crippen molar-refractivity contribution in [2.75, 3.05) is 12.8 Å². The van der Waals surface area contributed by atoms with Gasteiger partial charge < -0.3 is 9.63 Å². The van der Waals surface area contributed by atoms with Gasteiger partial charge in [-0.2, -0.15) is 0 Å². The minimum absolute atomic E-state index is 0.476. The van der Waals surface area contributed by atoms with Crippen molar-refractivity contribution in [3.63, 3.8) is 0 Å². The lowest BCUT2D eigenvalue weighted by Crippen LogP contribution is -2.22. The minimum Gasteiger partial charge on any atom is -0.630 e. The molecule has 0 bridgehead atoms. The van der Waals surface area contributed by atoms with E-state index in [2.05, 4.69) is 0 Å². The van der Waals surface area contributed by atoms with Gasteiger partial charge in [0.2, 0.25) is 0 Å². The Hall–Kier alpha value is 0.670. The van der Waals surface area contributed by atoms with Crippen LogP contribution in [0.4, 0.5) is 0 Å². The lowest BCUT2D eigenvalue weighted by atomic mass is 10.4. The molecule has 0 aromatic carbocycles. The van der Waals surface area contributed by atoms with Crippen molar-refractivity contribution in [2.45, 2.75) is 17.9 Å². The molecular weight excluding hydrogens is 206 g/mol. The molecule has 0 aromatic rings. The van der Waals surface area contributed by atoms with Crippen molar-refractivity contribution < 1.29 is 9.63 Å². The third-order valence-electron chi connectivity index (χ3n) is 1.55. The summed E-state index contributed by atoms with van der Waals surface area (Å²) in [4.78, 5) is 11.3. The van der Waals surface area contributed by atoms with Crippen LogP contribution in [0.5, 0.6) is 0 Å². The van der Waals surface area contributed by atoms with E-state index in [0.29, 0.717) is 24.5 Å². The fourth-order valence-electron chi connectivity index (χ4n) is 0.965. The lowest BCUT2D eigenvalue weighted by Gasteiger charge is -2.10. The van der Waals surface area contributed by atoms with Crippen LogP contribution in [0.3, 0.4) is 0 Å². The van der Waals surface area contributed by atoms with Crippen LogP contribution < -0.4 is 4.89 Å². The van der Waals surface area contributed by atoms with Gasteiger partial charge in [-0.3, -0.25) is 0 Å². The van der Waals surface area contributed by atoms with Gasteiger partial charge in [0.25, 0.3) is 4.52 Å². The molecule has 0 saturated carbocycles. The highest BCUT2D eigenvalue weighted by Gasteiger charge is 2.41. The van der Waals surface area contributed by atoms with E-state index in [-0.39, 0.29) is 0 Å². The van der Waals surface area contributed by atoms with Crippen molar-refractivity contribution in [1.29, 1.82) is 0 Å². The summed E-state index contributed by atoms with van der Waals surface area (Å²) in [6, 6.07) is 0. The number of hydrogen-bond acceptors (Lipinski definition) is 2. The molecule has 64 valence electrons. The molecular formula is C6H9Cl2O2P. The molecule has 0 spiro atoms. The first kappa shape index (κ1) is 9.76. The van der Waals surface area contributed by atoms with Gasteiger partial charge in [0.15, 0.2) is 5.29 Å². The van der Waals surface area contributed by atoms with E-state index < -0.39 is 12.3 Å². The van der Waals surface area contributed by atoms with E-state index >= 15 is 0 Å². The summed E-state index contributed by atoms with van der Waals surface area (Å²) in [5, 5.41) is 0.637. The summed E-state index contributed by atoms with van der Waals surface area (Å²) in [6.07, 6.45) is 1.20. The van der Waals surface area contributed by atoms with Gasteiger partial charge in [0.05, 0.1) is 20.5 Å². The number of hydrogen-bond donors (Lipinski definition) is 0. The van der Waals surface area contributed by atoms with Crippen molar-refractivity contribution in [3.8, 4) is 0 Å². The van der Waals surface area contributed by atoms with E-state index in [4.69, 9.17) is 27.9 Å². The van der Waals surface area contributed by atoms with Crippen LogP contribution in [0, 0.1) is 0 Å². The van der Waals surface area contributed by atoms with Gasteiger partial charge in [0.1, 0.15) is 0 Å². The van der Waals surface area contributed by atoms with Crippen molar-refractivity contribution in [2.24, 2.45) is 0 Å². The molecule has 0 aliphatic carbocycles. The molecule has 1 unspecified atom stereocenters. The van der Waals surface area contributed by atoms with Crippen LogP contribution in [0.1, 0.15) is 13.3 Å². The lowest BCUT2D eigenvalue weighted by molar-refractivity contribution is -0.152. The molecule has 0 radical (unpaired) electrons. The average Bonchev–Trinajstić information content (AvgIpc) is 2.28. The Morgan fingerprint density at radius 3 is 2.73 bits per heavy atom. The molecule has 1 heterocycles. The van der Waals surface area contributed by atoms with E-state index in [0.717, 1.165) is 0 Å². The van der Waals surface area contributed by atoms with Gasteiger partial charge in [-0.15, -0.1) is 0 Å². The molecule has 0 aromatic heterocycles. The predicted octanol–water partition coefficient (Wildman–Crippen LogP) is 1.49. The standard InChI is InChI=1S/C6H9Cl2O2P/c1-2-11(9)5-3-4-10-6(5,7)8/h2-4H2,1H3. The van der Waals surface area contributed by atoms with Crippen LogP contribution in [0.25, 0.3) is 0 Å². The normalized spacial score (nSPS) is 27.3. The molecule has 1 aliphatic heterocycles. The van der Waals surface area contributed by atoms with Gasteiger partial charge in [-0.05, 0) is 6.92 Å². The highest BCUT2D eigenvalue weighted by Crippen LogP contribution is 2.37. The van der Waals surface area contributed by atoms with Gasteiger partial charge in [0, 0.05) is 6.42 Å². The monoisotopic (exact) mass is 214 g/mol. The van der Waals surface area contributed by atoms with E-state index in [1.165, 1.54) is 0 Å². The maximum absolute atomic E-state index is 11.3. The largest absolute Gasteiger partial charge is 0.630 e. The second-order valence-corrected chi connectivity index (χ2v) is 5.44. The maximum Gasteiger partial charge on any atom is 0.279 e. The van der Waals surface area contributed by atoms with E-state index in [9.17, 15) is 4.89 Å². The molecule has 1 aliphatic rings. The summed E-state index contributed by atoms with van der Waals surface area (Å²) in [5.74, 6) is 0. The smallest absolute Gasteiger partial charge is 0.279 e. The fourth-order valence-corrected chi connectivity index (χ4v) is 2.95. The third kappa shape index (κ3) is 2.07. The highest BCUT2D eigenvalue weighted by atomic mass is 35.5. The Bertz CT molecular complexity index is 191. The molecule has 5 heteroatoms. The second kappa shape index (κ2) is 3.59. The molecule has 1 fully saturated rings. The minimum atomic E-state index is -1.39. The Morgan fingerprint density at radius 1 is 1.73 bits per heavy atom. The Morgan fingerprint density at radius 2 is 2.36 bits per heavy atom. The van der Waals surface area contributed by atoms with Crippen molar-refractivity contribution >= 4 is 36.3 Å². The zero-order chi connectivity index (χ0) is 8.48. The Labute approximate surface area is 76.9 Å². The molecule has 11 heavy (non-hydrogen) atoms. The maximum atomic E-state index is 11.3. The summed E-state index contributed by atoms with van der Waals surface area (Å²) in [7, 11) is -1.39. The van der Waals surface area contributed by atoms with Crippen LogP contribution in [0.2, 0.25) is 0 Å². The molecule has 2 nitrogen and oxygen atoms in total. The third-order valence-corrected chi connectivity index (χ3v) is 4.20. The summed E-state index contributed by atoms with van der Waals surface area (Å²) < 4.78 is 3.70. The van der Waals surface area contributed by atoms with E-state index in [1.807, 2.05) is 6.92 Å². The topological polar surface area (TPSA) is 32.3 Å². The number of alkyl halides is 2. The zero-order valence-corrected chi connectivity index (χ0v) is 8.55. The number of rotatable bonds is 1. The van der Waals surface area contributed by atoms with Crippen LogP contribution >= 0.6 is 31.0 Å². The summed E-state index contributed by atoms with van der Waals surface area (Å²) >= 11 is 11.5. The Kier molecular flexibility index (Phi) is 3.18. The van der Waals surface area contributed by atoms with E-state index in [1.54, 1.807) is 0 Å². The van der Waals surface area contributed by atoms with Gasteiger partial charge >= 0.3 is 0 Å². The average molecular weight is 215 g/mol. The number of ether oxygens (including phenoxy) is 1. The molecule has 0 amide bonds. The molecule has 0 N–H and O–H groups in total. The van der Waals surface area contributed by atoms with Gasteiger partial charge in [-0.1, -0.05) is 23.2 Å². The second-order valence-electron chi connectivity index (χ2n) is 2.26. The van der Waals surface area contributed by atoms with Crippen LogP contribution in [-0.4, -0.2) is 22.6 Å². The van der Waals surface area contributed by atoms with Crippen molar-refractivity contribution in [3.05, 3.63) is 0 Å². The zero-order valence-electron chi connectivity index (χ0n) is 6.14. The summed E-state index contributed by atoms with van der Waals surface area (Å²) in [6.45, 7) is 2.32. The highest BCUT2D eigenvalue weighted by molar-refractivity contribution is 7.52.